The van der Waals surface area contributed by atoms with Gasteiger partial charge in [0.1, 0.15) is 6.61 Å². The van der Waals surface area contributed by atoms with Crippen molar-refractivity contribution in [2.75, 3.05) is 47.7 Å². The maximum absolute atomic E-state index is 14.6. The molecule has 0 fully saturated rings. The van der Waals surface area contributed by atoms with Crippen molar-refractivity contribution in [3.63, 3.8) is 0 Å². The van der Waals surface area contributed by atoms with Gasteiger partial charge in [-0.15, -0.1) is 0 Å². The number of hydrogen-bond donors (Lipinski definition) is 3. The Labute approximate surface area is 378 Å². The van der Waals surface area contributed by atoms with Crippen LogP contribution in [0.3, 0.4) is 0 Å². The first kappa shape index (κ1) is 53.8. The number of nitrogens with one attached hydrogen (secondary N) is 2. The summed E-state index contributed by atoms with van der Waals surface area (Å²) in [7, 11) is -0.714. The Kier molecular flexibility index (Phi) is 21.7. The van der Waals surface area contributed by atoms with E-state index in [1.165, 1.54) is 21.3 Å². The van der Waals surface area contributed by atoms with E-state index >= 15 is 0 Å². The standard InChI is InChI=1S/C47H69N4O12P/c1-11-37(59-9)32-62-64(56,57)63-41(36(27-33-17-13-12-14-18-33)28-40(52)43(47(5,6)7)49-45(55)61-26-25-58-8)31-51(50-44(54)38(46(2,3)4)29-42(53)60-10)30-34-20-22-35(23-21-34)39-19-15-16-24-48-39/h12-24,36-38,41,43H,11,25-32H2,1-10H3,(H,49,55)(H,50,54)(H,56,57)/t36-,37+,38-,41+,43-/m1/s1. The number of ketones is 1. The first-order valence-electron chi connectivity index (χ1n) is 21.5. The van der Waals surface area contributed by atoms with Crippen molar-refractivity contribution in [2.45, 2.75) is 98.9 Å². The molecular weight excluding hydrogens is 844 g/mol. The topological polar surface area (TPSA) is 201 Å². The zero-order valence-electron chi connectivity index (χ0n) is 39.0. The molecule has 1 aromatic heterocycles. The van der Waals surface area contributed by atoms with E-state index in [2.05, 4.69) is 15.7 Å². The predicted octanol–water partition coefficient (Wildman–Crippen LogP) is 7.34. The second kappa shape index (κ2) is 25.8. The van der Waals surface area contributed by atoms with Crippen molar-refractivity contribution in [3.8, 4) is 11.3 Å². The molecule has 3 N–H and O–H groups in total. The molecule has 0 saturated carbocycles. The van der Waals surface area contributed by atoms with Crippen molar-refractivity contribution in [1.29, 1.82) is 0 Å². The van der Waals surface area contributed by atoms with Crippen LogP contribution in [0.15, 0.2) is 79.0 Å². The summed E-state index contributed by atoms with van der Waals surface area (Å²) in [6, 6.07) is 21.4. The van der Waals surface area contributed by atoms with Crippen LogP contribution in [0, 0.1) is 22.7 Å². The van der Waals surface area contributed by atoms with E-state index in [-0.39, 0.29) is 52.2 Å². The van der Waals surface area contributed by atoms with E-state index in [0.717, 1.165) is 22.4 Å². The van der Waals surface area contributed by atoms with Gasteiger partial charge in [-0.2, -0.15) is 0 Å². The maximum atomic E-state index is 14.6. The summed E-state index contributed by atoms with van der Waals surface area (Å²) in [5.74, 6) is -3.17. The Bertz CT molecular complexity index is 1940. The molecular formula is C47H69N4O12P. The monoisotopic (exact) mass is 912 g/mol. The van der Waals surface area contributed by atoms with Crippen LogP contribution in [-0.2, 0) is 59.9 Å². The zero-order valence-corrected chi connectivity index (χ0v) is 39.9. The van der Waals surface area contributed by atoms with Gasteiger partial charge in [-0.05, 0) is 52.8 Å². The Morgan fingerprint density at radius 1 is 0.844 bits per heavy atom. The average Bonchev–Trinajstić information content (AvgIpc) is 3.24. The summed E-state index contributed by atoms with van der Waals surface area (Å²) in [5.41, 5.74) is 4.66. The minimum Gasteiger partial charge on any atom is -0.469 e. The number of carbonyl (C=O) groups excluding carboxylic acids is 4. The number of hydrogen-bond acceptors (Lipinski definition) is 13. The smallest absolute Gasteiger partial charge is 0.469 e. The van der Waals surface area contributed by atoms with E-state index in [1.54, 1.807) is 32.0 Å². The molecule has 3 aromatic rings. The molecule has 354 valence electrons. The molecule has 64 heavy (non-hydrogen) atoms. The fourth-order valence-corrected chi connectivity index (χ4v) is 7.96. The molecule has 2 aromatic carbocycles. The predicted molar refractivity (Wildman–Crippen MR) is 242 cm³/mol. The van der Waals surface area contributed by atoms with Crippen molar-refractivity contribution >= 4 is 31.6 Å². The Morgan fingerprint density at radius 3 is 2.08 bits per heavy atom. The summed E-state index contributed by atoms with van der Waals surface area (Å²) < 4.78 is 46.3. The molecule has 3 rings (SSSR count). The van der Waals surface area contributed by atoms with Gasteiger partial charge in [-0.3, -0.25) is 33.8 Å². The number of aromatic nitrogens is 1. The molecule has 16 nitrogen and oxygen atoms in total. The lowest BCUT2D eigenvalue weighted by atomic mass is 9.78. The van der Waals surface area contributed by atoms with E-state index in [9.17, 15) is 28.6 Å². The molecule has 1 unspecified atom stereocenters. The molecule has 0 bridgehead atoms. The van der Waals surface area contributed by atoms with Gasteiger partial charge in [0.2, 0.25) is 5.91 Å². The second-order valence-corrected chi connectivity index (χ2v) is 19.2. The van der Waals surface area contributed by atoms with Crippen LogP contribution in [0.2, 0.25) is 0 Å². The number of pyridine rings is 1. The SMILES string of the molecule is CC[C@@H](COP(=O)(O)O[C@@H](CN(Cc1ccc(-c2ccccn2)cc1)NC(=O)[C@@H](CC(=O)OC)C(C)(C)C)[C@@H](CC(=O)[C@@H](NC(=O)OCCOC)C(C)(C)C)Cc1ccccc1)OC. The van der Waals surface area contributed by atoms with Crippen LogP contribution in [0.4, 0.5) is 4.79 Å². The highest BCUT2D eigenvalue weighted by Gasteiger charge is 2.40. The fraction of sp³-hybridized carbons (Fsp3) is 0.553. The molecule has 0 aliphatic heterocycles. The molecule has 0 spiro atoms. The third kappa shape index (κ3) is 18.5. The number of phosphoric acid groups is 1. The molecule has 1 heterocycles. The summed E-state index contributed by atoms with van der Waals surface area (Å²) in [4.78, 5) is 70.4. The highest BCUT2D eigenvalue weighted by atomic mass is 31.2. The van der Waals surface area contributed by atoms with Crippen LogP contribution < -0.4 is 10.7 Å². The summed E-state index contributed by atoms with van der Waals surface area (Å²) in [5, 5.41) is 4.27. The molecule has 0 radical (unpaired) electrons. The number of nitrogens with zero attached hydrogens (tertiary/aromatic N) is 2. The minimum absolute atomic E-state index is 0.0309. The van der Waals surface area contributed by atoms with Crippen molar-refractivity contribution < 1.29 is 56.6 Å². The van der Waals surface area contributed by atoms with Gasteiger partial charge < -0.3 is 29.2 Å². The van der Waals surface area contributed by atoms with Crippen LogP contribution >= 0.6 is 7.82 Å². The number of Topliss-reactive ketones (excluding diaryl/α,β-unsaturated/α-hetero) is 1. The summed E-state index contributed by atoms with van der Waals surface area (Å²) in [6.07, 6.45) is -0.696. The van der Waals surface area contributed by atoms with Crippen molar-refractivity contribution in [1.82, 2.24) is 20.7 Å². The van der Waals surface area contributed by atoms with Gasteiger partial charge in [0, 0.05) is 45.5 Å². The Hall–Kier alpha value is -4.54. The number of rotatable bonds is 26. The van der Waals surface area contributed by atoms with E-state index < -0.39 is 72.5 Å². The van der Waals surface area contributed by atoms with Gasteiger partial charge in [0.25, 0.3) is 0 Å². The van der Waals surface area contributed by atoms with Gasteiger partial charge in [-0.1, -0.05) is 109 Å². The highest BCUT2D eigenvalue weighted by molar-refractivity contribution is 7.47. The Balaban J connectivity index is 2.18. The maximum Gasteiger partial charge on any atom is 0.472 e. The molecule has 2 amide bonds. The molecule has 0 saturated heterocycles. The van der Waals surface area contributed by atoms with E-state index in [4.69, 9.17) is 28.0 Å². The fourth-order valence-electron chi connectivity index (χ4n) is 6.96. The second-order valence-electron chi connectivity index (χ2n) is 17.8. The largest absolute Gasteiger partial charge is 0.472 e. The average molecular weight is 913 g/mol. The number of amides is 2. The number of methoxy groups -OCH3 is 3. The van der Waals surface area contributed by atoms with Gasteiger partial charge >= 0.3 is 19.9 Å². The minimum atomic E-state index is -4.91. The third-order valence-electron chi connectivity index (χ3n) is 10.7. The first-order valence-corrected chi connectivity index (χ1v) is 23.0. The van der Waals surface area contributed by atoms with Crippen LogP contribution in [0.25, 0.3) is 11.3 Å². The zero-order chi connectivity index (χ0) is 47.5. The molecule has 0 aliphatic carbocycles. The van der Waals surface area contributed by atoms with Gasteiger partial charge in [0.15, 0.2) is 5.78 Å². The van der Waals surface area contributed by atoms with Gasteiger partial charge in [-0.25, -0.2) is 14.4 Å². The quantitative estimate of drug-likeness (QED) is 0.0313. The Morgan fingerprint density at radius 2 is 1.52 bits per heavy atom. The highest BCUT2D eigenvalue weighted by Crippen LogP contribution is 2.47. The number of alkyl carbamates (subject to hydrolysis) is 1. The lowest BCUT2D eigenvalue weighted by molar-refractivity contribution is -0.148. The lowest BCUT2D eigenvalue weighted by Gasteiger charge is -2.37. The number of esters is 1. The third-order valence-corrected chi connectivity index (χ3v) is 11.7. The summed E-state index contributed by atoms with van der Waals surface area (Å²) in [6.45, 7) is 12.4. The van der Waals surface area contributed by atoms with Crippen LogP contribution in [0.1, 0.15) is 78.9 Å². The van der Waals surface area contributed by atoms with Crippen LogP contribution in [-0.4, -0.2) is 105 Å². The summed E-state index contributed by atoms with van der Waals surface area (Å²) >= 11 is 0. The molecule has 0 aliphatic rings. The first-order chi connectivity index (χ1) is 30.2. The normalized spacial score (nSPS) is 15.2. The molecule has 17 heteroatoms. The van der Waals surface area contributed by atoms with Gasteiger partial charge in [0.05, 0.1) is 56.6 Å². The molecule has 6 atom stereocenters. The van der Waals surface area contributed by atoms with E-state index in [1.807, 2.05) is 100 Å². The number of ether oxygens (including phenoxy) is 4. The number of benzene rings is 2. The lowest BCUT2D eigenvalue weighted by Crippen LogP contribution is -2.53. The van der Waals surface area contributed by atoms with E-state index in [0.29, 0.717) is 6.42 Å². The number of phosphoric ester groups is 1. The number of carbonyl (C=O) groups is 4. The van der Waals surface area contributed by atoms with Crippen molar-refractivity contribution in [2.24, 2.45) is 22.7 Å². The van der Waals surface area contributed by atoms with Crippen molar-refractivity contribution in [3.05, 3.63) is 90.1 Å². The van der Waals surface area contributed by atoms with Crippen LogP contribution in [0.5, 0.6) is 0 Å². The number of hydrazine groups is 1.